The summed E-state index contributed by atoms with van der Waals surface area (Å²) in [5.74, 6) is 6.70. The third kappa shape index (κ3) is 2.85. The van der Waals surface area contributed by atoms with Gasteiger partial charge in [-0.2, -0.15) is 0 Å². The molecule has 4 nitrogen and oxygen atoms in total. The highest BCUT2D eigenvalue weighted by atomic mass is 79.9. The molecule has 0 saturated heterocycles. The van der Waals surface area contributed by atoms with Crippen molar-refractivity contribution in [2.45, 2.75) is 18.9 Å². The number of hydrogen-bond donors (Lipinski definition) is 2. The lowest BCUT2D eigenvalue weighted by molar-refractivity contribution is 0.356. The van der Waals surface area contributed by atoms with Crippen molar-refractivity contribution >= 4 is 15.9 Å². The second-order valence-electron chi connectivity index (χ2n) is 4.86. The zero-order chi connectivity index (χ0) is 13.9. The molecule has 0 aliphatic carbocycles. The molecule has 3 N–H and O–H groups in total. The maximum absolute atomic E-state index is 5.71. The predicted octanol–water partition coefficient (Wildman–Crippen LogP) is 2.53. The molecule has 2 heterocycles. The molecule has 0 saturated carbocycles. The number of rotatable bonds is 4. The van der Waals surface area contributed by atoms with Crippen LogP contribution in [0.1, 0.15) is 22.9 Å². The maximum atomic E-state index is 5.71. The number of fused-ring (bicyclic) bond motifs is 1. The van der Waals surface area contributed by atoms with Crippen molar-refractivity contribution in [2.24, 2.45) is 5.84 Å². The fourth-order valence-electron chi connectivity index (χ4n) is 2.43. The Kier molecular flexibility index (Phi) is 4.00. The predicted molar refractivity (Wildman–Crippen MR) is 81.3 cm³/mol. The molecular formula is C15H16BrN3O. The summed E-state index contributed by atoms with van der Waals surface area (Å²) in [5.41, 5.74) is 6.31. The van der Waals surface area contributed by atoms with Crippen molar-refractivity contribution < 1.29 is 4.74 Å². The van der Waals surface area contributed by atoms with Gasteiger partial charge in [-0.25, -0.2) is 0 Å². The average Bonchev–Trinajstić information content (AvgIpc) is 2.94. The molecule has 1 aromatic carbocycles. The van der Waals surface area contributed by atoms with Crippen LogP contribution >= 0.6 is 15.9 Å². The molecule has 1 aliphatic rings. The van der Waals surface area contributed by atoms with Gasteiger partial charge in [-0.3, -0.25) is 16.3 Å². The Balaban J connectivity index is 1.81. The molecule has 0 radical (unpaired) electrons. The SMILES string of the molecule is NNC(Cc1ccc(Br)cn1)c1ccc2c(c1)CCO2. The van der Waals surface area contributed by atoms with E-state index in [1.807, 2.05) is 18.2 Å². The van der Waals surface area contributed by atoms with Gasteiger partial charge >= 0.3 is 0 Å². The molecule has 3 rings (SSSR count). The van der Waals surface area contributed by atoms with Crippen LogP contribution in [0.25, 0.3) is 0 Å². The van der Waals surface area contributed by atoms with E-state index in [9.17, 15) is 0 Å². The first-order valence-electron chi connectivity index (χ1n) is 6.58. The van der Waals surface area contributed by atoms with Gasteiger partial charge in [0.15, 0.2) is 0 Å². The van der Waals surface area contributed by atoms with E-state index in [2.05, 4.69) is 38.5 Å². The van der Waals surface area contributed by atoms with Crippen LogP contribution in [0.4, 0.5) is 0 Å². The highest BCUT2D eigenvalue weighted by molar-refractivity contribution is 9.10. The molecule has 20 heavy (non-hydrogen) atoms. The van der Waals surface area contributed by atoms with E-state index in [4.69, 9.17) is 10.6 Å². The van der Waals surface area contributed by atoms with Gasteiger partial charge in [0.2, 0.25) is 0 Å². The van der Waals surface area contributed by atoms with Crippen LogP contribution in [0.3, 0.4) is 0 Å². The van der Waals surface area contributed by atoms with E-state index >= 15 is 0 Å². The first kappa shape index (κ1) is 13.5. The summed E-state index contributed by atoms with van der Waals surface area (Å²) < 4.78 is 6.51. The van der Waals surface area contributed by atoms with Crippen LogP contribution in [0.15, 0.2) is 41.0 Å². The number of halogens is 1. The third-order valence-electron chi connectivity index (χ3n) is 3.52. The Morgan fingerprint density at radius 2 is 2.25 bits per heavy atom. The number of pyridine rings is 1. The lowest BCUT2D eigenvalue weighted by Crippen LogP contribution is -2.29. The molecule has 1 unspecified atom stereocenters. The Morgan fingerprint density at radius 1 is 1.35 bits per heavy atom. The van der Waals surface area contributed by atoms with Gasteiger partial charge in [0, 0.05) is 29.2 Å². The summed E-state index contributed by atoms with van der Waals surface area (Å²) >= 11 is 3.39. The largest absolute Gasteiger partial charge is 0.493 e. The zero-order valence-electron chi connectivity index (χ0n) is 11.0. The summed E-state index contributed by atoms with van der Waals surface area (Å²) in [6.07, 6.45) is 3.53. The lowest BCUT2D eigenvalue weighted by Gasteiger charge is -2.16. The van der Waals surface area contributed by atoms with Crippen LogP contribution in [0, 0.1) is 0 Å². The molecule has 2 aromatic rings. The van der Waals surface area contributed by atoms with Crippen LogP contribution in [-0.4, -0.2) is 11.6 Å². The quantitative estimate of drug-likeness (QED) is 0.666. The number of aromatic nitrogens is 1. The second-order valence-corrected chi connectivity index (χ2v) is 5.77. The van der Waals surface area contributed by atoms with Crippen LogP contribution in [0.2, 0.25) is 0 Å². The number of ether oxygens (including phenoxy) is 1. The number of nitrogens with two attached hydrogens (primary N) is 1. The Labute approximate surface area is 126 Å². The fourth-order valence-corrected chi connectivity index (χ4v) is 2.67. The van der Waals surface area contributed by atoms with E-state index in [1.165, 1.54) is 11.1 Å². The summed E-state index contributed by atoms with van der Waals surface area (Å²) in [7, 11) is 0. The minimum Gasteiger partial charge on any atom is -0.493 e. The standard InChI is InChI=1S/C15H16BrN3O/c16-12-2-3-13(18-9-12)8-14(19-17)10-1-4-15-11(7-10)5-6-20-15/h1-4,7,9,14,19H,5-6,8,17H2. The monoisotopic (exact) mass is 333 g/mol. The summed E-state index contributed by atoms with van der Waals surface area (Å²) in [5, 5.41) is 0. The van der Waals surface area contributed by atoms with E-state index in [0.717, 1.165) is 35.4 Å². The van der Waals surface area contributed by atoms with Gasteiger partial charge in [0.05, 0.1) is 12.6 Å². The van der Waals surface area contributed by atoms with E-state index in [1.54, 1.807) is 6.20 Å². The number of nitrogens with one attached hydrogen (secondary N) is 1. The first-order valence-corrected chi connectivity index (χ1v) is 7.38. The minimum absolute atomic E-state index is 0.0505. The van der Waals surface area contributed by atoms with E-state index in [0.29, 0.717) is 0 Å². The van der Waals surface area contributed by atoms with Gasteiger partial charge in [-0.05, 0) is 45.3 Å². The first-order chi connectivity index (χ1) is 9.76. The topological polar surface area (TPSA) is 60.2 Å². The lowest BCUT2D eigenvalue weighted by atomic mass is 9.99. The number of nitrogens with zero attached hydrogens (tertiary/aromatic N) is 1. The number of benzene rings is 1. The molecule has 0 amide bonds. The fraction of sp³-hybridized carbons (Fsp3) is 0.267. The Bertz CT molecular complexity index is 601. The Hall–Kier alpha value is -1.43. The van der Waals surface area contributed by atoms with Crippen LogP contribution in [0.5, 0.6) is 5.75 Å². The highest BCUT2D eigenvalue weighted by Crippen LogP contribution is 2.29. The summed E-state index contributed by atoms with van der Waals surface area (Å²) in [6, 6.07) is 10.3. The molecule has 0 fully saturated rings. The highest BCUT2D eigenvalue weighted by Gasteiger charge is 2.17. The molecule has 1 atom stereocenters. The molecule has 104 valence electrons. The van der Waals surface area contributed by atoms with Crippen LogP contribution < -0.4 is 16.0 Å². The van der Waals surface area contributed by atoms with Crippen molar-refractivity contribution in [2.75, 3.05) is 6.61 Å². The molecule has 1 aromatic heterocycles. The molecule has 0 spiro atoms. The van der Waals surface area contributed by atoms with Crippen LogP contribution in [-0.2, 0) is 12.8 Å². The van der Waals surface area contributed by atoms with Gasteiger partial charge in [0.1, 0.15) is 5.75 Å². The maximum Gasteiger partial charge on any atom is 0.122 e. The van der Waals surface area contributed by atoms with Gasteiger partial charge in [0.25, 0.3) is 0 Å². The smallest absolute Gasteiger partial charge is 0.122 e. The van der Waals surface area contributed by atoms with Crippen molar-refractivity contribution in [3.63, 3.8) is 0 Å². The van der Waals surface area contributed by atoms with Gasteiger partial charge < -0.3 is 4.74 Å². The summed E-state index contributed by atoms with van der Waals surface area (Å²) in [4.78, 5) is 4.40. The normalized spacial score (nSPS) is 14.7. The average molecular weight is 334 g/mol. The third-order valence-corrected chi connectivity index (χ3v) is 3.99. The summed E-state index contributed by atoms with van der Waals surface area (Å²) in [6.45, 7) is 0.772. The van der Waals surface area contributed by atoms with Gasteiger partial charge in [-0.1, -0.05) is 12.1 Å². The Morgan fingerprint density at radius 3 is 3.00 bits per heavy atom. The number of hydrogen-bond acceptors (Lipinski definition) is 4. The minimum atomic E-state index is 0.0505. The molecule has 0 bridgehead atoms. The van der Waals surface area contributed by atoms with Gasteiger partial charge in [-0.15, -0.1) is 0 Å². The number of hydrazine groups is 1. The van der Waals surface area contributed by atoms with Crippen molar-refractivity contribution in [1.82, 2.24) is 10.4 Å². The molecular weight excluding hydrogens is 318 g/mol. The van der Waals surface area contributed by atoms with E-state index < -0.39 is 0 Å². The second kappa shape index (κ2) is 5.91. The van der Waals surface area contributed by atoms with Crippen molar-refractivity contribution in [3.8, 4) is 5.75 Å². The van der Waals surface area contributed by atoms with Crippen molar-refractivity contribution in [1.29, 1.82) is 0 Å². The molecule has 5 heteroatoms. The molecule has 1 aliphatic heterocycles. The zero-order valence-corrected chi connectivity index (χ0v) is 12.6. The van der Waals surface area contributed by atoms with Crippen molar-refractivity contribution in [3.05, 3.63) is 57.8 Å². The van der Waals surface area contributed by atoms with E-state index in [-0.39, 0.29) is 6.04 Å².